The van der Waals surface area contributed by atoms with E-state index in [0.29, 0.717) is 0 Å². The molecule has 1 unspecified atom stereocenters. The van der Waals surface area contributed by atoms with Gasteiger partial charge in [-0.2, -0.15) is 0 Å². The Morgan fingerprint density at radius 2 is 2.24 bits per heavy atom. The lowest BCUT2D eigenvalue weighted by Crippen LogP contribution is -2.42. The first-order chi connectivity index (χ1) is 8.19. The molecule has 2 rings (SSSR count). The molecular formula is C13H20N2S2. The minimum atomic E-state index is 0.273. The number of hydrogen-bond acceptors (Lipinski definition) is 3. The standard InChI is InChI=1S/C13H20N2S2/c1-4-13(5-2)9-17-12(15-13)14-10(3)11-7-6-8-16-11/h6-8,10H,4-5,9H2,1-3H3,(H,14,15). The first-order valence-electron chi connectivity index (χ1n) is 6.21. The monoisotopic (exact) mass is 268 g/mol. The van der Waals surface area contributed by atoms with Crippen molar-refractivity contribution < 1.29 is 0 Å². The van der Waals surface area contributed by atoms with Gasteiger partial charge in [-0.05, 0) is 31.2 Å². The second-order valence-electron chi connectivity index (χ2n) is 4.53. The van der Waals surface area contributed by atoms with Crippen LogP contribution in [0, 0.1) is 0 Å². The third-order valence-corrected chi connectivity index (χ3v) is 5.70. The van der Waals surface area contributed by atoms with Crippen molar-refractivity contribution in [1.29, 1.82) is 0 Å². The fourth-order valence-electron chi connectivity index (χ4n) is 1.97. The number of aliphatic imine (C=N–C) groups is 1. The van der Waals surface area contributed by atoms with Gasteiger partial charge < -0.3 is 5.32 Å². The van der Waals surface area contributed by atoms with Crippen LogP contribution in [0.4, 0.5) is 0 Å². The average molecular weight is 268 g/mol. The molecule has 1 saturated heterocycles. The van der Waals surface area contributed by atoms with E-state index in [1.54, 1.807) is 11.3 Å². The topological polar surface area (TPSA) is 24.4 Å². The molecule has 94 valence electrons. The molecule has 1 aliphatic rings. The van der Waals surface area contributed by atoms with Gasteiger partial charge in [-0.25, -0.2) is 0 Å². The van der Waals surface area contributed by atoms with Gasteiger partial charge in [-0.15, -0.1) is 11.3 Å². The SMILES string of the molecule is CCC1(CC)CSC(=NC(C)c2cccs2)N1. The Morgan fingerprint density at radius 1 is 1.47 bits per heavy atom. The molecule has 0 saturated carbocycles. The number of hydrogen-bond donors (Lipinski definition) is 1. The maximum absolute atomic E-state index is 4.79. The highest BCUT2D eigenvalue weighted by Crippen LogP contribution is 2.31. The summed E-state index contributed by atoms with van der Waals surface area (Å²) in [5, 5.41) is 6.85. The molecule has 1 aromatic heterocycles. The van der Waals surface area contributed by atoms with E-state index in [9.17, 15) is 0 Å². The molecule has 0 spiro atoms. The van der Waals surface area contributed by atoms with Gasteiger partial charge in [-0.1, -0.05) is 31.7 Å². The number of amidine groups is 1. The summed E-state index contributed by atoms with van der Waals surface area (Å²) in [6.07, 6.45) is 2.34. The Hall–Kier alpha value is -0.480. The zero-order valence-electron chi connectivity index (χ0n) is 10.7. The van der Waals surface area contributed by atoms with Gasteiger partial charge in [0.15, 0.2) is 5.17 Å². The summed E-state index contributed by atoms with van der Waals surface area (Å²) in [6.45, 7) is 6.67. The van der Waals surface area contributed by atoms with Crippen LogP contribution < -0.4 is 5.32 Å². The summed E-state index contributed by atoms with van der Waals surface area (Å²) < 4.78 is 0. The Morgan fingerprint density at radius 3 is 2.76 bits per heavy atom. The Kier molecular flexibility index (Phi) is 4.15. The van der Waals surface area contributed by atoms with Crippen molar-refractivity contribution >= 4 is 28.3 Å². The van der Waals surface area contributed by atoms with Gasteiger partial charge in [0.2, 0.25) is 0 Å². The molecule has 0 bridgehead atoms. The summed E-state index contributed by atoms with van der Waals surface area (Å²) in [6, 6.07) is 4.52. The molecule has 1 N–H and O–H groups in total. The highest BCUT2D eigenvalue weighted by Gasteiger charge is 2.33. The molecule has 1 aliphatic heterocycles. The number of thioether (sulfide) groups is 1. The third kappa shape index (κ3) is 2.86. The van der Waals surface area contributed by atoms with Gasteiger partial charge >= 0.3 is 0 Å². The van der Waals surface area contributed by atoms with E-state index in [0.717, 1.165) is 10.9 Å². The second-order valence-corrected chi connectivity index (χ2v) is 6.47. The summed E-state index contributed by atoms with van der Waals surface area (Å²) in [7, 11) is 0. The van der Waals surface area contributed by atoms with Crippen molar-refractivity contribution in [3.63, 3.8) is 0 Å². The van der Waals surface area contributed by atoms with E-state index in [1.165, 1.54) is 17.7 Å². The minimum Gasteiger partial charge on any atom is -0.359 e. The molecule has 2 heterocycles. The molecular weight excluding hydrogens is 248 g/mol. The van der Waals surface area contributed by atoms with E-state index in [1.807, 2.05) is 11.8 Å². The smallest absolute Gasteiger partial charge is 0.157 e. The Labute approximate surface area is 112 Å². The van der Waals surface area contributed by atoms with Crippen molar-refractivity contribution in [3.8, 4) is 0 Å². The van der Waals surface area contributed by atoms with Gasteiger partial charge in [0.05, 0.1) is 6.04 Å². The van der Waals surface area contributed by atoms with E-state index < -0.39 is 0 Å². The Balaban J connectivity index is 2.05. The van der Waals surface area contributed by atoms with Crippen LogP contribution in [0.5, 0.6) is 0 Å². The van der Waals surface area contributed by atoms with Crippen LogP contribution in [0.2, 0.25) is 0 Å². The number of rotatable bonds is 4. The van der Waals surface area contributed by atoms with Crippen LogP contribution in [-0.2, 0) is 0 Å². The zero-order valence-corrected chi connectivity index (χ0v) is 12.3. The first-order valence-corrected chi connectivity index (χ1v) is 8.08. The lowest BCUT2D eigenvalue weighted by atomic mass is 9.96. The van der Waals surface area contributed by atoms with E-state index in [-0.39, 0.29) is 11.6 Å². The van der Waals surface area contributed by atoms with Crippen LogP contribution in [0.25, 0.3) is 0 Å². The normalized spacial score (nSPS) is 22.6. The number of nitrogens with one attached hydrogen (secondary N) is 1. The van der Waals surface area contributed by atoms with Crippen LogP contribution >= 0.6 is 23.1 Å². The molecule has 17 heavy (non-hydrogen) atoms. The van der Waals surface area contributed by atoms with Gasteiger partial charge in [0, 0.05) is 16.2 Å². The van der Waals surface area contributed by atoms with E-state index >= 15 is 0 Å². The van der Waals surface area contributed by atoms with Crippen molar-refractivity contribution in [1.82, 2.24) is 5.32 Å². The summed E-state index contributed by atoms with van der Waals surface area (Å²) in [4.78, 5) is 6.13. The lowest BCUT2D eigenvalue weighted by molar-refractivity contribution is 0.407. The molecule has 4 heteroatoms. The number of nitrogens with zero attached hydrogens (tertiary/aromatic N) is 1. The third-order valence-electron chi connectivity index (χ3n) is 3.48. The average Bonchev–Trinajstić information content (AvgIpc) is 2.98. The predicted octanol–water partition coefficient (Wildman–Crippen LogP) is 4.06. The fourth-order valence-corrected chi connectivity index (χ4v) is 4.11. The van der Waals surface area contributed by atoms with Crippen molar-refractivity contribution in [2.45, 2.75) is 45.2 Å². The largest absolute Gasteiger partial charge is 0.359 e. The molecule has 0 radical (unpaired) electrons. The zero-order chi connectivity index (χ0) is 12.3. The lowest BCUT2D eigenvalue weighted by Gasteiger charge is -2.25. The maximum Gasteiger partial charge on any atom is 0.157 e. The first kappa shape index (κ1) is 13.0. The van der Waals surface area contributed by atoms with Crippen LogP contribution in [0.15, 0.2) is 22.5 Å². The Bertz CT molecular complexity index is 380. The fraction of sp³-hybridized carbons (Fsp3) is 0.615. The molecule has 0 amide bonds. The van der Waals surface area contributed by atoms with Crippen LogP contribution in [0.1, 0.15) is 44.5 Å². The molecule has 0 aromatic carbocycles. The van der Waals surface area contributed by atoms with Crippen LogP contribution in [-0.4, -0.2) is 16.5 Å². The summed E-state index contributed by atoms with van der Waals surface area (Å²) >= 11 is 3.65. The second kappa shape index (κ2) is 5.44. The van der Waals surface area contributed by atoms with Crippen molar-refractivity contribution in [2.24, 2.45) is 4.99 Å². The van der Waals surface area contributed by atoms with Gasteiger partial charge in [0.1, 0.15) is 0 Å². The van der Waals surface area contributed by atoms with Crippen LogP contribution in [0.3, 0.4) is 0 Å². The molecule has 1 aromatic rings. The van der Waals surface area contributed by atoms with Gasteiger partial charge in [-0.3, -0.25) is 4.99 Å². The predicted molar refractivity (Wildman–Crippen MR) is 79.1 cm³/mol. The number of thiophene rings is 1. The summed E-state index contributed by atoms with van der Waals surface area (Å²) in [5.41, 5.74) is 0.276. The molecule has 1 fully saturated rings. The highest BCUT2D eigenvalue weighted by atomic mass is 32.2. The van der Waals surface area contributed by atoms with Crippen molar-refractivity contribution in [2.75, 3.05) is 5.75 Å². The minimum absolute atomic E-state index is 0.273. The van der Waals surface area contributed by atoms with E-state index in [4.69, 9.17) is 4.99 Å². The van der Waals surface area contributed by atoms with E-state index in [2.05, 4.69) is 43.6 Å². The van der Waals surface area contributed by atoms with Gasteiger partial charge in [0.25, 0.3) is 0 Å². The van der Waals surface area contributed by atoms with Crippen molar-refractivity contribution in [3.05, 3.63) is 22.4 Å². The highest BCUT2D eigenvalue weighted by molar-refractivity contribution is 8.14. The molecule has 1 atom stereocenters. The molecule has 2 nitrogen and oxygen atoms in total. The quantitative estimate of drug-likeness (QED) is 0.890. The summed E-state index contributed by atoms with van der Waals surface area (Å²) in [5.74, 6) is 1.15. The maximum atomic E-state index is 4.79. The molecule has 0 aliphatic carbocycles.